The predicted molar refractivity (Wildman–Crippen MR) is 170 cm³/mol. The number of allylic oxidation sites excluding steroid dienone is 1. The van der Waals surface area contributed by atoms with Crippen LogP contribution in [0.1, 0.15) is 51.2 Å². The third kappa shape index (κ3) is 5.66. The fourth-order valence-electron chi connectivity index (χ4n) is 5.43. The molecule has 0 amide bonds. The van der Waals surface area contributed by atoms with E-state index < -0.39 is 11.9 Å². The molecular weight excluding hydrogens is 592 g/mol. The van der Waals surface area contributed by atoms with Gasteiger partial charge in [-0.2, -0.15) is 5.26 Å². The lowest BCUT2D eigenvalue weighted by molar-refractivity contribution is 0.0702. The van der Waals surface area contributed by atoms with Crippen LogP contribution in [0.3, 0.4) is 0 Å². The lowest BCUT2D eigenvalue weighted by Crippen LogP contribution is -2.21. The second-order valence-corrected chi connectivity index (χ2v) is 11.0. The van der Waals surface area contributed by atoms with Crippen LogP contribution in [0.25, 0.3) is 11.0 Å². The number of fused-ring (bicyclic) bond motifs is 2. The summed E-state index contributed by atoms with van der Waals surface area (Å²) in [4.78, 5) is 13.2. The molecule has 1 unspecified atom stereocenters. The highest BCUT2D eigenvalue weighted by molar-refractivity contribution is 6.31. The highest BCUT2D eigenvalue weighted by atomic mass is 35.5. The summed E-state index contributed by atoms with van der Waals surface area (Å²) in [6.07, 6.45) is 0.871. The summed E-state index contributed by atoms with van der Waals surface area (Å²) in [6.45, 7) is 4.15. The standard InChI is InChI=1S/C36H29ClN2O6/c1-4-21-9-13-29-26(15-21)20(2)34(44-29)36(40)43-24-11-12-25-31(17-24)45-35(39)27(18-38)33(25)22-10-14-30(32(16-22)41-3)42-19-23-7-5-6-8-28(23)37/h5-17,33H,4,19,39H2,1-3H3. The lowest BCUT2D eigenvalue weighted by Gasteiger charge is -2.27. The Morgan fingerprint density at radius 3 is 2.62 bits per heavy atom. The number of furan rings is 1. The van der Waals surface area contributed by atoms with Crippen LogP contribution < -0.4 is 24.7 Å². The van der Waals surface area contributed by atoms with E-state index in [1.807, 2.05) is 49.4 Å². The van der Waals surface area contributed by atoms with Gasteiger partial charge in [-0.25, -0.2) is 4.79 Å². The van der Waals surface area contributed by atoms with Crippen LogP contribution in [-0.4, -0.2) is 13.1 Å². The van der Waals surface area contributed by atoms with Crippen molar-refractivity contribution in [3.8, 4) is 29.1 Å². The molecule has 2 heterocycles. The first-order valence-electron chi connectivity index (χ1n) is 14.3. The van der Waals surface area contributed by atoms with Crippen LogP contribution in [0.5, 0.6) is 23.0 Å². The maximum Gasteiger partial charge on any atom is 0.379 e. The van der Waals surface area contributed by atoms with E-state index in [1.54, 1.807) is 43.5 Å². The first-order valence-corrected chi connectivity index (χ1v) is 14.7. The van der Waals surface area contributed by atoms with Gasteiger partial charge in [0.05, 0.1) is 13.0 Å². The minimum atomic E-state index is -0.632. The van der Waals surface area contributed by atoms with Crippen LogP contribution >= 0.6 is 11.6 Å². The first-order chi connectivity index (χ1) is 21.8. The molecule has 2 N–H and O–H groups in total. The Labute approximate surface area is 265 Å². The maximum absolute atomic E-state index is 13.2. The Morgan fingerprint density at radius 1 is 1.04 bits per heavy atom. The van der Waals surface area contributed by atoms with E-state index in [0.29, 0.717) is 39.0 Å². The molecule has 226 valence electrons. The molecule has 0 saturated carbocycles. The number of carbonyl (C=O) groups is 1. The van der Waals surface area contributed by atoms with Crippen molar-refractivity contribution in [2.45, 2.75) is 32.8 Å². The van der Waals surface area contributed by atoms with E-state index in [4.69, 9.17) is 40.7 Å². The Kier molecular flexibility index (Phi) is 8.12. The van der Waals surface area contributed by atoms with Gasteiger partial charge in [0, 0.05) is 33.2 Å². The number of methoxy groups -OCH3 is 1. The van der Waals surface area contributed by atoms with Gasteiger partial charge in [-0.05, 0) is 60.9 Å². The summed E-state index contributed by atoms with van der Waals surface area (Å²) < 4.78 is 29.1. The zero-order valence-electron chi connectivity index (χ0n) is 24.8. The van der Waals surface area contributed by atoms with Crippen LogP contribution in [0.4, 0.5) is 0 Å². The van der Waals surface area contributed by atoms with Gasteiger partial charge in [-0.3, -0.25) is 0 Å². The quantitative estimate of drug-likeness (QED) is 0.137. The van der Waals surface area contributed by atoms with Gasteiger partial charge < -0.3 is 29.1 Å². The number of esters is 1. The molecule has 45 heavy (non-hydrogen) atoms. The average molecular weight is 621 g/mol. The van der Waals surface area contributed by atoms with Crippen molar-refractivity contribution < 1.29 is 28.2 Å². The van der Waals surface area contributed by atoms with E-state index in [1.165, 1.54) is 0 Å². The molecule has 8 nitrogen and oxygen atoms in total. The monoisotopic (exact) mass is 620 g/mol. The number of benzene rings is 4. The minimum Gasteiger partial charge on any atom is -0.493 e. The molecular formula is C36H29ClN2O6. The Balaban J connectivity index is 1.28. The first kappa shape index (κ1) is 29.7. The number of hydrogen-bond acceptors (Lipinski definition) is 8. The molecule has 0 saturated heterocycles. The third-order valence-corrected chi connectivity index (χ3v) is 8.23. The largest absolute Gasteiger partial charge is 0.493 e. The van der Waals surface area contributed by atoms with Crippen molar-refractivity contribution in [3.05, 3.63) is 129 Å². The van der Waals surface area contributed by atoms with E-state index in [2.05, 4.69) is 13.0 Å². The third-order valence-electron chi connectivity index (χ3n) is 7.86. The minimum absolute atomic E-state index is 0.0450. The smallest absolute Gasteiger partial charge is 0.379 e. The zero-order valence-corrected chi connectivity index (χ0v) is 25.6. The highest BCUT2D eigenvalue weighted by Crippen LogP contribution is 2.45. The summed E-state index contributed by atoms with van der Waals surface area (Å²) >= 11 is 6.29. The Hall–Kier alpha value is -5.39. The summed E-state index contributed by atoms with van der Waals surface area (Å²) in [5.74, 6) is 0.461. The lowest BCUT2D eigenvalue weighted by atomic mass is 9.83. The van der Waals surface area contributed by atoms with E-state index in [0.717, 1.165) is 28.5 Å². The number of nitriles is 1. The Bertz CT molecular complexity index is 2020. The molecule has 0 bridgehead atoms. The highest BCUT2D eigenvalue weighted by Gasteiger charge is 2.32. The van der Waals surface area contributed by atoms with Gasteiger partial charge in [0.1, 0.15) is 35.3 Å². The van der Waals surface area contributed by atoms with E-state index in [-0.39, 0.29) is 29.6 Å². The molecule has 0 radical (unpaired) electrons. The van der Waals surface area contributed by atoms with Crippen LogP contribution in [0.15, 0.2) is 94.7 Å². The van der Waals surface area contributed by atoms with Crippen molar-refractivity contribution in [2.24, 2.45) is 5.73 Å². The number of nitrogens with zero attached hydrogens (tertiary/aromatic N) is 1. The molecule has 5 aromatic rings. The second kappa shape index (κ2) is 12.3. The van der Waals surface area contributed by atoms with E-state index >= 15 is 0 Å². The number of carbonyl (C=O) groups excluding carboxylic acids is 1. The molecule has 0 aliphatic carbocycles. The molecule has 9 heteroatoms. The molecule has 1 aliphatic heterocycles. The fourth-order valence-corrected chi connectivity index (χ4v) is 5.62. The molecule has 0 fully saturated rings. The second-order valence-electron chi connectivity index (χ2n) is 10.5. The van der Waals surface area contributed by atoms with Crippen molar-refractivity contribution in [1.29, 1.82) is 5.26 Å². The maximum atomic E-state index is 13.2. The SMILES string of the molecule is CCc1ccc2oc(C(=O)Oc3ccc4c(c3)OC(N)=C(C#N)C4c3ccc(OCc4ccccc4Cl)c(OC)c3)c(C)c2c1. The summed E-state index contributed by atoms with van der Waals surface area (Å²) in [5, 5.41) is 11.5. The van der Waals surface area contributed by atoms with Crippen LogP contribution in [0, 0.1) is 18.3 Å². The molecule has 0 spiro atoms. The molecule has 4 aromatic carbocycles. The van der Waals surface area contributed by atoms with Gasteiger partial charge in [-0.15, -0.1) is 0 Å². The summed E-state index contributed by atoms with van der Waals surface area (Å²) in [6, 6.07) is 25.9. The molecule has 1 aliphatic rings. The van der Waals surface area contributed by atoms with Gasteiger partial charge >= 0.3 is 5.97 Å². The topological polar surface area (TPSA) is 117 Å². The van der Waals surface area contributed by atoms with Crippen molar-refractivity contribution in [1.82, 2.24) is 0 Å². The fraction of sp³-hybridized carbons (Fsp3) is 0.167. The average Bonchev–Trinajstić information content (AvgIpc) is 3.39. The number of rotatable bonds is 8. The number of aryl methyl sites for hydroxylation is 2. The summed E-state index contributed by atoms with van der Waals surface area (Å²) in [5.41, 5.74) is 11.2. The Morgan fingerprint density at radius 2 is 1.87 bits per heavy atom. The molecule has 6 rings (SSSR count). The van der Waals surface area contributed by atoms with Crippen molar-refractivity contribution >= 4 is 28.5 Å². The van der Waals surface area contributed by atoms with Crippen molar-refractivity contribution in [3.63, 3.8) is 0 Å². The summed E-state index contributed by atoms with van der Waals surface area (Å²) in [7, 11) is 1.54. The van der Waals surface area contributed by atoms with Crippen LogP contribution in [-0.2, 0) is 13.0 Å². The van der Waals surface area contributed by atoms with Gasteiger partial charge in [0.15, 0.2) is 11.5 Å². The van der Waals surface area contributed by atoms with Gasteiger partial charge in [0.2, 0.25) is 11.6 Å². The normalized spacial score (nSPS) is 14.0. The van der Waals surface area contributed by atoms with E-state index in [9.17, 15) is 10.1 Å². The van der Waals surface area contributed by atoms with Crippen LogP contribution in [0.2, 0.25) is 5.02 Å². The number of halogens is 1. The number of hydrogen-bond donors (Lipinski definition) is 1. The number of nitrogens with two attached hydrogens (primary N) is 1. The molecule has 1 atom stereocenters. The van der Waals surface area contributed by atoms with Crippen molar-refractivity contribution in [2.75, 3.05) is 7.11 Å². The van der Waals surface area contributed by atoms with Gasteiger partial charge in [-0.1, -0.05) is 54.9 Å². The zero-order chi connectivity index (χ0) is 31.7. The molecule has 1 aromatic heterocycles. The predicted octanol–water partition coefficient (Wildman–Crippen LogP) is 7.98. The van der Waals surface area contributed by atoms with Gasteiger partial charge in [0.25, 0.3) is 0 Å². The number of ether oxygens (including phenoxy) is 4.